The lowest BCUT2D eigenvalue weighted by atomic mass is 10.2. The van der Waals surface area contributed by atoms with E-state index in [1.165, 1.54) is 0 Å². The van der Waals surface area contributed by atoms with Gasteiger partial charge in [-0.25, -0.2) is 4.79 Å². The molecule has 5 nitrogen and oxygen atoms in total. The van der Waals surface area contributed by atoms with E-state index in [9.17, 15) is 22.8 Å². The summed E-state index contributed by atoms with van der Waals surface area (Å²) in [6.07, 6.45) is -4.82. The summed E-state index contributed by atoms with van der Waals surface area (Å²) in [7, 11) is 0. The van der Waals surface area contributed by atoms with Crippen LogP contribution < -0.4 is 10.1 Å². The van der Waals surface area contributed by atoms with Gasteiger partial charge in [0.05, 0.1) is 5.56 Å². The van der Waals surface area contributed by atoms with Gasteiger partial charge in [-0.15, -0.1) is 13.2 Å². The van der Waals surface area contributed by atoms with Crippen molar-refractivity contribution >= 4 is 29.2 Å². The number of alkyl halides is 3. The van der Waals surface area contributed by atoms with E-state index in [4.69, 9.17) is 16.3 Å². The Morgan fingerprint density at radius 3 is 2.35 bits per heavy atom. The van der Waals surface area contributed by atoms with Gasteiger partial charge in [0.15, 0.2) is 6.61 Å². The highest BCUT2D eigenvalue weighted by Crippen LogP contribution is 2.23. The fraction of sp³-hybridized carbons (Fsp3) is 0.176. The Morgan fingerprint density at radius 2 is 1.77 bits per heavy atom. The molecule has 0 radical (unpaired) electrons. The number of benzene rings is 2. The van der Waals surface area contributed by atoms with Gasteiger partial charge >= 0.3 is 12.3 Å². The second-order valence-corrected chi connectivity index (χ2v) is 5.59. The number of carbonyl (C=O) groups is 2. The summed E-state index contributed by atoms with van der Waals surface area (Å²) in [5, 5.41) is 3.08. The molecule has 0 heterocycles. The SMILES string of the molecule is Cc1cc(Cl)ccc1NC(=O)COC(=O)c1ccc(OC(F)(F)F)cc1. The molecule has 0 aliphatic carbocycles. The van der Waals surface area contributed by atoms with Crippen LogP contribution in [0.15, 0.2) is 42.5 Å². The van der Waals surface area contributed by atoms with Crippen molar-refractivity contribution in [1.29, 1.82) is 0 Å². The molecule has 0 fully saturated rings. The topological polar surface area (TPSA) is 64.6 Å². The summed E-state index contributed by atoms with van der Waals surface area (Å²) in [5.74, 6) is -1.89. The second kappa shape index (κ2) is 8.09. The maximum absolute atomic E-state index is 12.1. The Labute approximate surface area is 151 Å². The first kappa shape index (κ1) is 19.6. The van der Waals surface area contributed by atoms with E-state index in [0.717, 1.165) is 29.8 Å². The lowest BCUT2D eigenvalue weighted by Gasteiger charge is -2.10. The molecule has 9 heteroatoms. The van der Waals surface area contributed by atoms with Gasteiger partial charge in [-0.2, -0.15) is 0 Å². The molecular weight excluding hydrogens is 375 g/mol. The number of hydrogen-bond donors (Lipinski definition) is 1. The largest absolute Gasteiger partial charge is 0.573 e. The molecule has 0 aliphatic heterocycles. The molecule has 26 heavy (non-hydrogen) atoms. The molecule has 0 saturated carbocycles. The third-order valence-corrected chi connectivity index (χ3v) is 3.36. The standard InChI is InChI=1S/C17H13ClF3NO4/c1-10-8-12(18)4-7-14(10)22-15(23)9-25-16(24)11-2-5-13(6-3-11)26-17(19,20)21/h2-8H,9H2,1H3,(H,22,23). The van der Waals surface area contributed by atoms with Gasteiger partial charge in [0, 0.05) is 10.7 Å². The second-order valence-electron chi connectivity index (χ2n) is 5.16. The van der Waals surface area contributed by atoms with E-state index in [-0.39, 0.29) is 5.56 Å². The van der Waals surface area contributed by atoms with Crippen molar-refractivity contribution in [2.45, 2.75) is 13.3 Å². The van der Waals surface area contributed by atoms with Gasteiger partial charge in [0.1, 0.15) is 5.75 Å². The minimum atomic E-state index is -4.82. The average Bonchev–Trinajstić information content (AvgIpc) is 2.54. The van der Waals surface area contributed by atoms with Gasteiger partial charge in [-0.1, -0.05) is 11.6 Å². The molecule has 0 aromatic heterocycles. The number of aryl methyl sites for hydroxylation is 1. The van der Waals surface area contributed by atoms with E-state index in [2.05, 4.69) is 10.1 Å². The summed E-state index contributed by atoms with van der Waals surface area (Å²) in [4.78, 5) is 23.7. The molecule has 0 spiro atoms. The van der Waals surface area contributed by atoms with Crippen molar-refractivity contribution in [3.8, 4) is 5.75 Å². The molecule has 0 unspecified atom stereocenters. The van der Waals surface area contributed by atoms with Crippen molar-refractivity contribution in [2.75, 3.05) is 11.9 Å². The maximum Gasteiger partial charge on any atom is 0.573 e. The van der Waals surface area contributed by atoms with Gasteiger partial charge < -0.3 is 14.8 Å². The molecule has 0 aliphatic rings. The van der Waals surface area contributed by atoms with Crippen LogP contribution >= 0.6 is 11.6 Å². The third kappa shape index (κ3) is 5.96. The van der Waals surface area contributed by atoms with Crippen LogP contribution in [0.4, 0.5) is 18.9 Å². The van der Waals surface area contributed by atoms with Crippen LogP contribution in [-0.4, -0.2) is 24.8 Å². The lowest BCUT2D eigenvalue weighted by molar-refractivity contribution is -0.274. The summed E-state index contributed by atoms with van der Waals surface area (Å²) in [5.41, 5.74) is 1.23. The highest BCUT2D eigenvalue weighted by atomic mass is 35.5. The van der Waals surface area contributed by atoms with Crippen molar-refractivity contribution < 1.29 is 32.2 Å². The van der Waals surface area contributed by atoms with E-state index < -0.39 is 30.6 Å². The number of carbonyl (C=O) groups excluding carboxylic acids is 2. The zero-order valence-electron chi connectivity index (χ0n) is 13.4. The number of ether oxygens (including phenoxy) is 2. The Hall–Kier alpha value is -2.74. The van der Waals surface area contributed by atoms with Crippen LogP contribution in [0.2, 0.25) is 5.02 Å². The van der Waals surface area contributed by atoms with Gasteiger partial charge in [-0.3, -0.25) is 4.79 Å². The van der Waals surface area contributed by atoms with Crippen molar-refractivity contribution in [1.82, 2.24) is 0 Å². The molecule has 1 amide bonds. The van der Waals surface area contributed by atoms with Crippen molar-refractivity contribution in [3.63, 3.8) is 0 Å². The Morgan fingerprint density at radius 1 is 1.12 bits per heavy atom. The Balaban J connectivity index is 1.88. The predicted molar refractivity (Wildman–Crippen MR) is 88.2 cm³/mol. The molecule has 0 bridgehead atoms. The zero-order chi connectivity index (χ0) is 19.3. The lowest BCUT2D eigenvalue weighted by Crippen LogP contribution is -2.21. The van der Waals surface area contributed by atoms with E-state index in [0.29, 0.717) is 10.7 Å². The van der Waals surface area contributed by atoms with Gasteiger partial charge in [0.25, 0.3) is 5.91 Å². The first-order valence-corrected chi connectivity index (χ1v) is 7.61. The van der Waals surface area contributed by atoms with Crippen LogP contribution in [0, 0.1) is 6.92 Å². The van der Waals surface area contributed by atoms with Crippen molar-refractivity contribution in [2.24, 2.45) is 0 Å². The molecule has 0 saturated heterocycles. The highest BCUT2D eigenvalue weighted by molar-refractivity contribution is 6.30. The summed E-state index contributed by atoms with van der Waals surface area (Å²) in [6, 6.07) is 9.02. The predicted octanol–water partition coefficient (Wildman–Crippen LogP) is 4.34. The van der Waals surface area contributed by atoms with Crippen LogP contribution in [0.1, 0.15) is 15.9 Å². The average molecular weight is 388 g/mol. The maximum atomic E-state index is 12.1. The summed E-state index contributed by atoms with van der Waals surface area (Å²) in [6.45, 7) is 1.19. The number of amides is 1. The fourth-order valence-electron chi connectivity index (χ4n) is 1.96. The summed E-state index contributed by atoms with van der Waals surface area (Å²) >= 11 is 5.82. The number of esters is 1. The highest BCUT2D eigenvalue weighted by Gasteiger charge is 2.31. The Bertz CT molecular complexity index is 807. The minimum Gasteiger partial charge on any atom is -0.452 e. The van der Waals surface area contributed by atoms with Gasteiger partial charge in [0.2, 0.25) is 0 Å². The van der Waals surface area contributed by atoms with Crippen LogP contribution in [0.25, 0.3) is 0 Å². The third-order valence-electron chi connectivity index (χ3n) is 3.12. The molecule has 1 N–H and O–H groups in total. The smallest absolute Gasteiger partial charge is 0.452 e. The number of halogens is 4. The normalized spacial score (nSPS) is 11.0. The zero-order valence-corrected chi connectivity index (χ0v) is 14.1. The summed E-state index contributed by atoms with van der Waals surface area (Å²) < 4.78 is 44.7. The van der Waals surface area contributed by atoms with E-state index in [1.807, 2.05) is 0 Å². The van der Waals surface area contributed by atoms with Crippen molar-refractivity contribution in [3.05, 3.63) is 58.6 Å². The number of hydrogen-bond acceptors (Lipinski definition) is 4. The Kier molecular flexibility index (Phi) is 6.10. The first-order valence-electron chi connectivity index (χ1n) is 7.23. The number of nitrogens with one attached hydrogen (secondary N) is 1. The molecule has 138 valence electrons. The number of rotatable bonds is 5. The van der Waals surface area contributed by atoms with E-state index in [1.54, 1.807) is 25.1 Å². The number of anilines is 1. The molecule has 2 rings (SSSR count). The van der Waals surface area contributed by atoms with Gasteiger partial charge in [-0.05, 0) is 55.0 Å². The fourth-order valence-corrected chi connectivity index (χ4v) is 2.19. The monoisotopic (exact) mass is 387 g/mol. The van der Waals surface area contributed by atoms with E-state index >= 15 is 0 Å². The van der Waals surface area contributed by atoms with Crippen LogP contribution in [0.3, 0.4) is 0 Å². The first-order chi connectivity index (χ1) is 12.1. The molecular formula is C17H13ClF3NO4. The minimum absolute atomic E-state index is 0.0185. The quantitative estimate of drug-likeness (QED) is 0.775. The van der Waals surface area contributed by atoms with Crippen LogP contribution in [0.5, 0.6) is 5.75 Å². The molecule has 2 aromatic rings. The molecule has 2 aromatic carbocycles. The molecule has 0 atom stereocenters. The van der Waals surface area contributed by atoms with Crippen LogP contribution in [-0.2, 0) is 9.53 Å².